The average molecular weight is 406 g/mol. The fraction of sp³-hybridized carbons (Fsp3) is 1.00. The molecule has 0 heterocycles. The normalized spacial score (nSPS) is 12.8. The third kappa shape index (κ3) is 15.8. The zero-order valence-corrected chi connectivity index (χ0v) is 20.0. The largest absolute Gasteiger partial charge is 1.00 e. The Bertz CT molecular complexity index is 280. The molecule has 0 radical (unpaired) electrons. The zero-order chi connectivity index (χ0) is 19.5. The Labute approximate surface area is 178 Å². The molecule has 0 aliphatic heterocycles. The molecule has 2 nitrogen and oxygen atoms in total. The van der Waals surface area contributed by atoms with Gasteiger partial charge in [0.05, 0.1) is 19.6 Å². The van der Waals surface area contributed by atoms with Crippen LogP contribution in [-0.4, -0.2) is 35.5 Å². The number of halogens is 1. The molecule has 0 rings (SSSR count). The van der Waals surface area contributed by atoms with Crippen molar-refractivity contribution in [2.75, 3.05) is 19.6 Å². The van der Waals surface area contributed by atoms with Crippen molar-refractivity contribution in [1.82, 2.24) is 0 Å². The Morgan fingerprint density at radius 3 is 1.11 bits per heavy atom. The van der Waals surface area contributed by atoms with E-state index in [1.807, 2.05) is 6.92 Å². The first-order valence-electron chi connectivity index (χ1n) is 12.2. The molecule has 1 N–H and O–H groups in total. The van der Waals surface area contributed by atoms with Gasteiger partial charge in [-0.2, -0.15) is 0 Å². The molecule has 0 saturated heterocycles. The minimum Gasteiger partial charge on any atom is -1.00 e. The minimum atomic E-state index is -0.221. The predicted octanol–water partition coefficient (Wildman–Crippen LogP) is 4.45. The second kappa shape index (κ2) is 20.9. The van der Waals surface area contributed by atoms with E-state index in [4.69, 9.17) is 0 Å². The van der Waals surface area contributed by atoms with Crippen LogP contribution < -0.4 is 12.4 Å². The Morgan fingerprint density at radius 2 is 0.852 bits per heavy atom. The maximum Gasteiger partial charge on any atom is 0.187 e. The number of unbranched alkanes of at least 4 members (excludes halogenated alkanes) is 15. The van der Waals surface area contributed by atoms with E-state index in [2.05, 4.69) is 20.8 Å². The van der Waals surface area contributed by atoms with Crippen LogP contribution in [0.25, 0.3) is 0 Å². The number of nitrogens with zero attached hydrogens (tertiary/aromatic N) is 1. The standard InChI is InChI=1S/C24H52NO.ClH/c1-5-8-9-10-11-12-13-14-15-16-17-18-19-20-21-22-23-25(6-2,7-3)24(4)26;/h24,26H,5-23H2,1-4H3;1H/q+1;/p-1. The van der Waals surface area contributed by atoms with Gasteiger partial charge in [0.1, 0.15) is 0 Å². The number of quaternary nitrogens is 1. The fourth-order valence-electron chi connectivity index (χ4n) is 4.23. The summed E-state index contributed by atoms with van der Waals surface area (Å²) in [5.41, 5.74) is 0. The van der Waals surface area contributed by atoms with Gasteiger partial charge in [0.2, 0.25) is 0 Å². The number of aliphatic hydroxyl groups excluding tert-OH is 1. The van der Waals surface area contributed by atoms with Crippen LogP contribution in [0.3, 0.4) is 0 Å². The SMILES string of the molecule is CCCCCCCCCCCCCCCCCC[N+](CC)(CC)C(C)O.[Cl-]. The van der Waals surface area contributed by atoms with Gasteiger partial charge in [0, 0.05) is 6.92 Å². The molecule has 0 aliphatic carbocycles. The van der Waals surface area contributed by atoms with Crippen LogP contribution in [0.4, 0.5) is 0 Å². The number of hydrogen-bond acceptors (Lipinski definition) is 1. The van der Waals surface area contributed by atoms with Crippen molar-refractivity contribution in [2.24, 2.45) is 0 Å². The zero-order valence-electron chi connectivity index (χ0n) is 19.3. The highest BCUT2D eigenvalue weighted by Gasteiger charge is 2.27. The van der Waals surface area contributed by atoms with Crippen molar-refractivity contribution in [1.29, 1.82) is 0 Å². The van der Waals surface area contributed by atoms with Crippen LogP contribution >= 0.6 is 0 Å². The third-order valence-electron chi connectivity index (χ3n) is 6.51. The van der Waals surface area contributed by atoms with E-state index in [1.165, 1.54) is 103 Å². The second-order valence-corrected chi connectivity index (χ2v) is 8.51. The molecular weight excluding hydrogens is 354 g/mol. The van der Waals surface area contributed by atoms with Gasteiger partial charge in [-0.25, -0.2) is 0 Å². The van der Waals surface area contributed by atoms with Gasteiger partial charge >= 0.3 is 0 Å². The highest BCUT2D eigenvalue weighted by molar-refractivity contribution is 4.51. The number of aliphatic hydroxyl groups is 1. The molecule has 0 aliphatic rings. The predicted molar refractivity (Wildman–Crippen MR) is 117 cm³/mol. The lowest BCUT2D eigenvalue weighted by molar-refractivity contribution is -0.966. The van der Waals surface area contributed by atoms with E-state index in [-0.39, 0.29) is 18.6 Å². The lowest BCUT2D eigenvalue weighted by Gasteiger charge is -2.39. The van der Waals surface area contributed by atoms with Crippen molar-refractivity contribution in [3.63, 3.8) is 0 Å². The summed E-state index contributed by atoms with van der Waals surface area (Å²) < 4.78 is 0.874. The van der Waals surface area contributed by atoms with Crippen LogP contribution in [0.5, 0.6) is 0 Å². The van der Waals surface area contributed by atoms with Crippen LogP contribution in [0.2, 0.25) is 0 Å². The lowest BCUT2D eigenvalue weighted by Crippen LogP contribution is -3.00. The van der Waals surface area contributed by atoms with E-state index in [0.29, 0.717) is 0 Å². The van der Waals surface area contributed by atoms with Crippen LogP contribution in [0, 0.1) is 0 Å². The molecule has 1 unspecified atom stereocenters. The Balaban J connectivity index is 0. The second-order valence-electron chi connectivity index (χ2n) is 8.51. The molecular formula is C24H52ClNO. The summed E-state index contributed by atoms with van der Waals surface area (Å²) in [7, 11) is 0. The van der Waals surface area contributed by atoms with Crippen molar-refractivity contribution < 1.29 is 22.0 Å². The molecule has 0 amide bonds. The van der Waals surface area contributed by atoms with Crippen LogP contribution in [0.15, 0.2) is 0 Å². The van der Waals surface area contributed by atoms with Gasteiger partial charge in [-0.15, -0.1) is 0 Å². The fourth-order valence-corrected chi connectivity index (χ4v) is 4.23. The molecule has 0 bridgehead atoms. The summed E-state index contributed by atoms with van der Waals surface area (Å²) in [5, 5.41) is 10.1. The molecule has 0 aromatic rings. The first kappa shape index (κ1) is 29.4. The summed E-state index contributed by atoms with van der Waals surface area (Å²) in [6.45, 7) is 11.9. The third-order valence-corrected chi connectivity index (χ3v) is 6.51. The first-order chi connectivity index (χ1) is 12.6. The topological polar surface area (TPSA) is 20.2 Å². The molecule has 166 valence electrons. The van der Waals surface area contributed by atoms with Crippen LogP contribution in [0.1, 0.15) is 130 Å². The highest BCUT2D eigenvalue weighted by atomic mass is 35.5. The Hall–Kier alpha value is 0.210. The van der Waals surface area contributed by atoms with Crippen molar-refractivity contribution in [2.45, 2.75) is 137 Å². The van der Waals surface area contributed by atoms with E-state index in [9.17, 15) is 5.11 Å². The minimum absolute atomic E-state index is 0. The number of rotatable bonds is 20. The average Bonchev–Trinajstić information content (AvgIpc) is 2.64. The highest BCUT2D eigenvalue weighted by Crippen LogP contribution is 2.16. The van der Waals surface area contributed by atoms with Crippen molar-refractivity contribution in [3.05, 3.63) is 0 Å². The maximum absolute atomic E-state index is 10.1. The smallest absolute Gasteiger partial charge is 0.187 e. The van der Waals surface area contributed by atoms with Gasteiger partial charge in [0.15, 0.2) is 6.23 Å². The Kier molecular flexibility index (Phi) is 22.8. The van der Waals surface area contributed by atoms with Gasteiger partial charge in [0.25, 0.3) is 0 Å². The van der Waals surface area contributed by atoms with Gasteiger partial charge in [-0.05, 0) is 26.7 Å². The summed E-state index contributed by atoms with van der Waals surface area (Å²) in [6, 6.07) is 0. The summed E-state index contributed by atoms with van der Waals surface area (Å²) in [4.78, 5) is 0. The van der Waals surface area contributed by atoms with E-state index in [0.717, 1.165) is 24.1 Å². The van der Waals surface area contributed by atoms with Gasteiger partial charge < -0.3 is 17.5 Å². The molecule has 0 spiro atoms. The van der Waals surface area contributed by atoms with E-state index in [1.54, 1.807) is 0 Å². The van der Waals surface area contributed by atoms with Crippen molar-refractivity contribution in [3.8, 4) is 0 Å². The first-order valence-corrected chi connectivity index (χ1v) is 12.2. The maximum atomic E-state index is 10.1. The molecule has 0 fully saturated rings. The molecule has 27 heavy (non-hydrogen) atoms. The molecule has 3 heteroatoms. The summed E-state index contributed by atoms with van der Waals surface area (Å²) in [5.74, 6) is 0. The molecule has 0 aromatic heterocycles. The monoisotopic (exact) mass is 405 g/mol. The molecule has 1 atom stereocenters. The van der Waals surface area contributed by atoms with E-state index >= 15 is 0 Å². The van der Waals surface area contributed by atoms with Gasteiger partial charge in [-0.1, -0.05) is 96.8 Å². The van der Waals surface area contributed by atoms with Crippen LogP contribution in [-0.2, 0) is 0 Å². The number of hydrogen-bond donors (Lipinski definition) is 1. The molecule has 0 aromatic carbocycles. The van der Waals surface area contributed by atoms with E-state index < -0.39 is 0 Å². The molecule has 0 saturated carbocycles. The lowest BCUT2D eigenvalue weighted by atomic mass is 10.0. The summed E-state index contributed by atoms with van der Waals surface area (Å²) in [6.07, 6.45) is 22.5. The quantitative estimate of drug-likeness (QED) is 0.180. The summed E-state index contributed by atoms with van der Waals surface area (Å²) >= 11 is 0. The van der Waals surface area contributed by atoms with Gasteiger partial charge in [-0.3, -0.25) is 4.48 Å². The van der Waals surface area contributed by atoms with Crippen molar-refractivity contribution >= 4 is 0 Å². The Morgan fingerprint density at radius 1 is 0.556 bits per heavy atom.